The monoisotopic (exact) mass is 295 g/mol. The minimum absolute atomic E-state index is 0.0176. The van der Waals surface area contributed by atoms with Crippen molar-refractivity contribution in [1.29, 1.82) is 0 Å². The predicted octanol–water partition coefficient (Wildman–Crippen LogP) is 2.00. The summed E-state index contributed by atoms with van der Waals surface area (Å²) >= 11 is 0. The van der Waals surface area contributed by atoms with Crippen molar-refractivity contribution in [3.63, 3.8) is 0 Å². The van der Waals surface area contributed by atoms with Crippen LogP contribution in [0.1, 0.15) is 23.5 Å². The van der Waals surface area contributed by atoms with Gasteiger partial charge in [-0.25, -0.2) is 0 Å². The van der Waals surface area contributed by atoms with Gasteiger partial charge >= 0.3 is 6.18 Å². The molecule has 1 heterocycles. The lowest BCUT2D eigenvalue weighted by molar-refractivity contribution is -0.139. The summed E-state index contributed by atoms with van der Waals surface area (Å²) in [6.07, 6.45) is -6.26. The van der Waals surface area contributed by atoms with Gasteiger partial charge in [0.2, 0.25) is 0 Å². The van der Waals surface area contributed by atoms with Crippen LogP contribution in [0.2, 0.25) is 0 Å². The third-order valence-corrected chi connectivity index (χ3v) is 2.93. The first-order chi connectivity index (χ1) is 9.21. The molecule has 1 rings (SSSR count). The van der Waals surface area contributed by atoms with Gasteiger partial charge in [0.15, 0.2) is 0 Å². The fourth-order valence-corrected chi connectivity index (χ4v) is 1.96. The topological polar surface area (TPSA) is 56.8 Å². The zero-order valence-electron chi connectivity index (χ0n) is 11.6. The Morgan fingerprint density at radius 1 is 1.35 bits per heavy atom. The number of aliphatic hydroxyl groups excluding tert-OH is 2. The van der Waals surface area contributed by atoms with Crippen LogP contribution in [-0.2, 0) is 6.54 Å². The molecule has 0 bridgehead atoms. The van der Waals surface area contributed by atoms with Gasteiger partial charge in [-0.15, -0.1) is 0 Å². The lowest BCUT2D eigenvalue weighted by atomic mass is 10.2. The largest absolute Gasteiger partial charge is 0.466 e. The van der Waals surface area contributed by atoms with E-state index in [9.17, 15) is 18.3 Å². The lowest BCUT2D eigenvalue weighted by Gasteiger charge is -2.24. The number of nitrogens with zero attached hydrogens (tertiary/aromatic N) is 1. The fraction of sp³-hybridized carbons (Fsp3) is 0.692. The lowest BCUT2D eigenvalue weighted by Crippen LogP contribution is -2.36. The van der Waals surface area contributed by atoms with Crippen LogP contribution in [0.5, 0.6) is 0 Å². The van der Waals surface area contributed by atoms with E-state index in [1.54, 1.807) is 19.9 Å². The Bertz CT molecular complexity index is 417. The number of hydrogen-bond acceptors (Lipinski definition) is 4. The molecule has 0 saturated heterocycles. The highest BCUT2D eigenvalue weighted by molar-refractivity contribution is 5.19. The summed E-state index contributed by atoms with van der Waals surface area (Å²) in [6.45, 7) is 3.02. The molecule has 4 nitrogen and oxygen atoms in total. The van der Waals surface area contributed by atoms with Crippen LogP contribution in [0.3, 0.4) is 0 Å². The van der Waals surface area contributed by atoms with E-state index < -0.39 is 25.3 Å². The molecule has 1 atom stereocenters. The van der Waals surface area contributed by atoms with Crippen LogP contribution < -0.4 is 0 Å². The van der Waals surface area contributed by atoms with Crippen LogP contribution >= 0.6 is 0 Å². The number of rotatable bonds is 7. The molecule has 7 heteroatoms. The second-order valence-corrected chi connectivity index (χ2v) is 4.88. The summed E-state index contributed by atoms with van der Waals surface area (Å²) in [5.41, 5.74) is 0.787. The van der Waals surface area contributed by atoms with Crippen LogP contribution in [0, 0.1) is 13.8 Å². The van der Waals surface area contributed by atoms with Crippen molar-refractivity contribution in [3.8, 4) is 0 Å². The fourth-order valence-electron chi connectivity index (χ4n) is 1.96. The van der Waals surface area contributed by atoms with Gasteiger partial charge in [0.1, 0.15) is 11.5 Å². The first-order valence-electron chi connectivity index (χ1n) is 6.35. The van der Waals surface area contributed by atoms with Gasteiger partial charge < -0.3 is 14.6 Å². The van der Waals surface area contributed by atoms with Gasteiger partial charge in [-0.3, -0.25) is 4.90 Å². The minimum atomic E-state index is -4.25. The molecule has 0 amide bonds. The smallest absolute Gasteiger partial charge is 0.390 e. The molecule has 1 aromatic rings. The molecule has 0 aliphatic carbocycles. The summed E-state index contributed by atoms with van der Waals surface area (Å²) in [5.74, 6) is 1.34. The van der Waals surface area contributed by atoms with E-state index in [4.69, 9.17) is 9.52 Å². The first-order valence-corrected chi connectivity index (χ1v) is 6.35. The molecule has 0 aromatic carbocycles. The van der Waals surface area contributed by atoms with Gasteiger partial charge in [-0.1, -0.05) is 0 Å². The third kappa shape index (κ3) is 5.94. The Morgan fingerprint density at radius 3 is 2.45 bits per heavy atom. The van der Waals surface area contributed by atoms with E-state index in [0.717, 1.165) is 5.56 Å². The Labute approximate surface area is 115 Å². The Kier molecular flexibility index (Phi) is 6.04. The van der Waals surface area contributed by atoms with Crippen molar-refractivity contribution in [2.45, 2.75) is 39.1 Å². The maximum atomic E-state index is 12.3. The van der Waals surface area contributed by atoms with E-state index in [-0.39, 0.29) is 19.6 Å². The summed E-state index contributed by atoms with van der Waals surface area (Å²) in [7, 11) is 0. The molecule has 0 fully saturated rings. The quantitative estimate of drug-likeness (QED) is 0.808. The molecular weight excluding hydrogens is 275 g/mol. The Balaban J connectivity index is 2.68. The maximum Gasteiger partial charge on any atom is 0.390 e. The number of alkyl halides is 3. The maximum absolute atomic E-state index is 12.3. The van der Waals surface area contributed by atoms with Crippen LogP contribution in [0.15, 0.2) is 10.5 Å². The van der Waals surface area contributed by atoms with Gasteiger partial charge in [0, 0.05) is 25.2 Å². The van der Waals surface area contributed by atoms with Crippen LogP contribution in [-0.4, -0.2) is 47.1 Å². The first kappa shape index (κ1) is 17.0. The van der Waals surface area contributed by atoms with Crippen molar-refractivity contribution in [3.05, 3.63) is 23.2 Å². The molecule has 0 aliphatic rings. The molecule has 20 heavy (non-hydrogen) atoms. The van der Waals surface area contributed by atoms with Crippen molar-refractivity contribution in [1.82, 2.24) is 4.90 Å². The van der Waals surface area contributed by atoms with Gasteiger partial charge in [0.05, 0.1) is 19.1 Å². The highest BCUT2D eigenvalue weighted by Crippen LogP contribution is 2.22. The van der Waals surface area contributed by atoms with E-state index in [1.165, 1.54) is 4.90 Å². The van der Waals surface area contributed by atoms with Gasteiger partial charge in [-0.05, 0) is 19.9 Å². The molecule has 0 radical (unpaired) electrons. The summed E-state index contributed by atoms with van der Waals surface area (Å²) in [6, 6.07) is 1.77. The summed E-state index contributed by atoms with van der Waals surface area (Å²) in [5, 5.41) is 18.2. The number of halogens is 3. The Hall–Kier alpha value is -1.05. The normalized spacial score (nSPS) is 14.0. The number of furan rings is 1. The molecule has 0 aliphatic heterocycles. The number of aryl methyl sites for hydroxylation is 2. The molecule has 0 saturated carbocycles. The standard InChI is InChI=1S/C13H20F3NO3/c1-9-5-11(10(2)20-9)6-17(7-12(19)8-18)4-3-13(14,15)16/h5,12,18-19H,3-4,6-8H2,1-2H3/t12-/m0/s1. The van der Waals surface area contributed by atoms with E-state index in [1.807, 2.05) is 0 Å². The Morgan fingerprint density at radius 2 is 2.00 bits per heavy atom. The van der Waals surface area contributed by atoms with Crippen LogP contribution in [0.25, 0.3) is 0 Å². The average Bonchev–Trinajstić information content (AvgIpc) is 2.63. The van der Waals surface area contributed by atoms with Crippen molar-refractivity contribution < 1.29 is 27.8 Å². The zero-order chi connectivity index (χ0) is 15.3. The molecule has 0 unspecified atom stereocenters. The average molecular weight is 295 g/mol. The summed E-state index contributed by atoms with van der Waals surface area (Å²) < 4.78 is 42.2. The summed E-state index contributed by atoms with van der Waals surface area (Å²) in [4.78, 5) is 1.46. The second-order valence-electron chi connectivity index (χ2n) is 4.88. The molecular formula is C13H20F3NO3. The van der Waals surface area contributed by atoms with E-state index in [0.29, 0.717) is 11.5 Å². The van der Waals surface area contributed by atoms with Gasteiger partial charge in [-0.2, -0.15) is 13.2 Å². The minimum Gasteiger partial charge on any atom is -0.466 e. The SMILES string of the molecule is Cc1cc(CN(CCC(F)(F)F)C[C@H](O)CO)c(C)o1. The molecule has 1 aromatic heterocycles. The van der Waals surface area contributed by atoms with Gasteiger partial charge in [0.25, 0.3) is 0 Å². The van der Waals surface area contributed by atoms with Crippen LogP contribution in [0.4, 0.5) is 13.2 Å². The number of hydrogen-bond donors (Lipinski definition) is 2. The highest BCUT2D eigenvalue weighted by atomic mass is 19.4. The van der Waals surface area contributed by atoms with E-state index >= 15 is 0 Å². The van der Waals surface area contributed by atoms with Crippen molar-refractivity contribution >= 4 is 0 Å². The van der Waals surface area contributed by atoms with Crippen molar-refractivity contribution in [2.24, 2.45) is 0 Å². The zero-order valence-corrected chi connectivity index (χ0v) is 11.6. The second kappa shape index (κ2) is 7.10. The van der Waals surface area contributed by atoms with Crippen molar-refractivity contribution in [2.75, 3.05) is 19.7 Å². The number of aliphatic hydroxyl groups is 2. The molecule has 2 N–H and O–H groups in total. The molecule has 0 spiro atoms. The molecule has 116 valence electrons. The van der Waals surface area contributed by atoms with E-state index in [2.05, 4.69) is 0 Å². The predicted molar refractivity (Wildman–Crippen MR) is 67.2 cm³/mol. The third-order valence-electron chi connectivity index (χ3n) is 2.93. The highest BCUT2D eigenvalue weighted by Gasteiger charge is 2.28.